The van der Waals surface area contributed by atoms with Gasteiger partial charge in [0.25, 0.3) is 0 Å². The Bertz CT molecular complexity index is 124. The van der Waals surface area contributed by atoms with Gasteiger partial charge in [-0.25, -0.2) is 0 Å². The lowest BCUT2D eigenvalue weighted by atomic mass is 10.0. The maximum Gasteiger partial charge on any atom is 0.0177 e. The Kier molecular flexibility index (Phi) is 3.21. The van der Waals surface area contributed by atoms with Crippen molar-refractivity contribution in [2.24, 2.45) is 5.92 Å². The molecule has 1 heterocycles. The van der Waals surface area contributed by atoms with Gasteiger partial charge in [-0.1, -0.05) is 12.7 Å². The van der Waals surface area contributed by atoms with Gasteiger partial charge >= 0.3 is 0 Å². The molecule has 1 aliphatic rings. The fraction of sp³-hybridized carbons (Fsp3) is 0.600. The zero-order valence-electron chi connectivity index (χ0n) is 7.13. The lowest BCUT2D eigenvalue weighted by Crippen LogP contribution is -2.17. The molecular weight excluding hydrogens is 134 g/mol. The quantitative estimate of drug-likeness (QED) is 0.548. The molecule has 1 aliphatic heterocycles. The number of allylic oxidation sites excluding steroid dienone is 1. The number of rotatable bonds is 2. The molecule has 0 aromatic carbocycles. The summed E-state index contributed by atoms with van der Waals surface area (Å²) in [5.41, 5.74) is 0. The van der Waals surface area contributed by atoms with E-state index in [1.807, 2.05) is 6.20 Å². The maximum absolute atomic E-state index is 3.83. The summed E-state index contributed by atoms with van der Waals surface area (Å²) in [6.45, 7) is 9.94. The van der Waals surface area contributed by atoms with Crippen LogP contribution < -0.4 is 0 Å². The molecule has 0 amide bonds. The molecule has 0 aromatic heterocycles. The summed E-state index contributed by atoms with van der Waals surface area (Å²) in [5, 5.41) is 0. The van der Waals surface area contributed by atoms with Crippen molar-refractivity contribution in [2.45, 2.75) is 19.3 Å². The van der Waals surface area contributed by atoms with Gasteiger partial charge in [-0.15, -0.1) is 6.58 Å². The van der Waals surface area contributed by atoms with E-state index >= 15 is 0 Å². The van der Waals surface area contributed by atoms with Gasteiger partial charge in [0, 0.05) is 13.1 Å². The summed E-state index contributed by atoms with van der Waals surface area (Å²) in [6.07, 6.45) is 7.87. The number of nitrogens with zero attached hydrogens (tertiary/aromatic N) is 1. The van der Waals surface area contributed by atoms with Crippen LogP contribution >= 0.6 is 0 Å². The van der Waals surface area contributed by atoms with Crippen LogP contribution in [0.3, 0.4) is 0 Å². The minimum Gasteiger partial charge on any atom is -0.378 e. The van der Waals surface area contributed by atoms with E-state index in [1.54, 1.807) is 0 Å². The predicted molar refractivity (Wildman–Crippen MR) is 49.3 cm³/mol. The van der Waals surface area contributed by atoms with Crippen molar-refractivity contribution >= 4 is 0 Å². The third-order valence-corrected chi connectivity index (χ3v) is 2.40. The first-order valence-electron chi connectivity index (χ1n) is 4.36. The van der Waals surface area contributed by atoms with Crippen LogP contribution in [0, 0.1) is 5.92 Å². The summed E-state index contributed by atoms with van der Waals surface area (Å²) in [6, 6.07) is 0. The highest BCUT2D eigenvalue weighted by atomic mass is 15.1. The Morgan fingerprint density at radius 3 is 2.64 bits per heavy atom. The highest BCUT2D eigenvalue weighted by Crippen LogP contribution is 2.17. The molecule has 1 saturated heterocycles. The van der Waals surface area contributed by atoms with E-state index in [0.717, 1.165) is 12.5 Å². The van der Waals surface area contributed by atoms with E-state index in [9.17, 15) is 0 Å². The molecule has 62 valence electrons. The van der Waals surface area contributed by atoms with Crippen LogP contribution in [0.15, 0.2) is 25.4 Å². The average Bonchev–Trinajstić information content (AvgIpc) is 2.28. The van der Waals surface area contributed by atoms with Gasteiger partial charge in [0.1, 0.15) is 0 Å². The van der Waals surface area contributed by atoms with E-state index in [1.165, 1.54) is 25.8 Å². The molecule has 11 heavy (non-hydrogen) atoms. The number of hydrogen-bond donors (Lipinski definition) is 0. The normalized spacial score (nSPS) is 25.8. The highest BCUT2D eigenvalue weighted by molar-refractivity contribution is 4.84. The van der Waals surface area contributed by atoms with Gasteiger partial charge in [-0.3, -0.25) is 0 Å². The summed E-state index contributed by atoms with van der Waals surface area (Å²) in [7, 11) is 0. The van der Waals surface area contributed by atoms with E-state index in [2.05, 4.69) is 24.1 Å². The third-order valence-electron chi connectivity index (χ3n) is 2.40. The molecule has 1 atom stereocenters. The van der Waals surface area contributed by atoms with E-state index in [0.29, 0.717) is 0 Å². The number of hydrogen-bond acceptors (Lipinski definition) is 1. The Balaban J connectivity index is 2.38. The van der Waals surface area contributed by atoms with Gasteiger partial charge in [0.2, 0.25) is 0 Å². The van der Waals surface area contributed by atoms with Crippen molar-refractivity contribution < 1.29 is 0 Å². The Labute approximate surface area is 69.4 Å². The van der Waals surface area contributed by atoms with E-state index in [-0.39, 0.29) is 0 Å². The van der Waals surface area contributed by atoms with Crippen LogP contribution in [-0.4, -0.2) is 18.0 Å². The molecule has 0 bridgehead atoms. The maximum atomic E-state index is 3.83. The molecule has 0 spiro atoms. The molecule has 1 rings (SSSR count). The third kappa shape index (κ3) is 2.41. The van der Waals surface area contributed by atoms with Crippen LogP contribution in [0.1, 0.15) is 19.3 Å². The zero-order valence-corrected chi connectivity index (χ0v) is 7.13. The average molecular weight is 151 g/mol. The van der Waals surface area contributed by atoms with Crippen LogP contribution in [0.25, 0.3) is 0 Å². The van der Waals surface area contributed by atoms with Crippen molar-refractivity contribution in [3.05, 3.63) is 25.4 Å². The molecule has 0 N–H and O–H groups in total. The Morgan fingerprint density at radius 1 is 1.18 bits per heavy atom. The first-order chi connectivity index (χ1) is 5.36. The predicted octanol–water partition coefficient (Wildman–Crippen LogP) is 2.42. The van der Waals surface area contributed by atoms with E-state index in [4.69, 9.17) is 0 Å². The van der Waals surface area contributed by atoms with Crippen LogP contribution in [0.5, 0.6) is 0 Å². The fourth-order valence-electron chi connectivity index (χ4n) is 1.56. The minimum absolute atomic E-state index is 0.736. The second-order valence-electron chi connectivity index (χ2n) is 3.15. The molecule has 0 aromatic rings. The molecule has 0 saturated carbocycles. The lowest BCUT2D eigenvalue weighted by Gasteiger charge is -2.15. The van der Waals surface area contributed by atoms with Gasteiger partial charge in [0.05, 0.1) is 0 Å². The topological polar surface area (TPSA) is 3.24 Å². The van der Waals surface area contributed by atoms with Gasteiger partial charge in [-0.2, -0.15) is 0 Å². The number of likely N-dealkylation sites (tertiary alicyclic amines) is 1. The first kappa shape index (κ1) is 8.38. The summed E-state index contributed by atoms with van der Waals surface area (Å²) < 4.78 is 0. The first-order valence-corrected chi connectivity index (χ1v) is 4.36. The molecule has 0 radical (unpaired) electrons. The highest BCUT2D eigenvalue weighted by Gasteiger charge is 2.11. The van der Waals surface area contributed by atoms with E-state index < -0.39 is 0 Å². The van der Waals surface area contributed by atoms with Crippen molar-refractivity contribution in [3.63, 3.8) is 0 Å². The summed E-state index contributed by atoms with van der Waals surface area (Å²) in [4.78, 5) is 2.30. The van der Waals surface area contributed by atoms with Crippen LogP contribution in [0.2, 0.25) is 0 Å². The molecular formula is C10H17N. The molecule has 1 nitrogen and oxygen atoms in total. The van der Waals surface area contributed by atoms with Crippen molar-refractivity contribution in [1.29, 1.82) is 0 Å². The monoisotopic (exact) mass is 151 g/mol. The molecule has 0 aliphatic carbocycles. The summed E-state index contributed by atoms with van der Waals surface area (Å²) in [5.74, 6) is 0.736. The standard InChI is InChI=1S/C10H17N/c1-3-10-6-5-8-11(4-2)9-7-10/h3-4,10H,1-2,5-9H2. The molecule has 1 fully saturated rings. The van der Waals surface area contributed by atoms with Gasteiger partial charge in [-0.05, 0) is 31.4 Å². The zero-order chi connectivity index (χ0) is 8.10. The Morgan fingerprint density at radius 2 is 2.00 bits per heavy atom. The van der Waals surface area contributed by atoms with Crippen molar-refractivity contribution in [3.8, 4) is 0 Å². The fourth-order valence-corrected chi connectivity index (χ4v) is 1.56. The van der Waals surface area contributed by atoms with Gasteiger partial charge < -0.3 is 4.90 Å². The van der Waals surface area contributed by atoms with Crippen molar-refractivity contribution in [1.82, 2.24) is 4.90 Å². The van der Waals surface area contributed by atoms with Gasteiger partial charge in [0.15, 0.2) is 0 Å². The SMILES string of the molecule is C=CC1CCCN(C=C)CC1. The molecule has 1 unspecified atom stereocenters. The second-order valence-corrected chi connectivity index (χ2v) is 3.15. The molecule has 1 heteroatoms. The Hall–Kier alpha value is -0.720. The summed E-state index contributed by atoms with van der Waals surface area (Å²) >= 11 is 0. The smallest absolute Gasteiger partial charge is 0.0177 e. The lowest BCUT2D eigenvalue weighted by molar-refractivity contribution is 0.389. The largest absolute Gasteiger partial charge is 0.378 e. The second kappa shape index (κ2) is 4.22. The van der Waals surface area contributed by atoms with Crippen LogP contribution in [-0.2, 0) is 0 Å². The minimum atomic E-state index is 0.736. The van der Waals surface area contributed by atoms with Crippen molar-refractivity contribution in [2.75, 3.05) is 13.1 Å². The van der Waals surface area contributed by atoms with Crippen LogP contribution in [0.4, 0.5) is 0 Å².